The molecule has 1 N–H and O–H groups in total. The number of carbonyl (C=O) groups excluding carboxylic acids is 2. The van der Waals surface area contributed by atoms with E-state index in [2.05, 4.69) is 33.2 Å². The Morgan fingerprint density at radius 2 is 1.96 bits per heavy atom. The van der Waals surface area contributed by atoms with Gasteiger partial charge in [-0.15, -0.1) is 0 Å². The first-order valence-electron chi connectivity index (χ1n) is 7.75. The number of unbranched alkanes of at least 4 members (excludes halogenated alkanes) is 1. The number of pyridine rings is 1. The Labute approximate surface area is 149 Å². The number of rotatable bonds is 7. The molecule has 1 heterocycles. The molecule has 0 saturated heterocycles. The van der Waals surface area contributed by atoms with Gasteiger partial charge < -0.3 is 10.1 Å². The van der Waals surface area contributed by atoms with Crippen LogP contribution >= 0.6 is 15.9 Å². The molecule has 0 aliphatic carbocycles. The van der Waals surface area contributed by atoms with Crippen molar-refractivity contribution in [2.24, 2.45) is 0 Å². The molecular formula is C18H19BrN2O3. The lowest BCUT2D eigenvalue weighted by Gasteiger charge is -2.07. The smallest absolute Gasteiger partial charge is 0.340 e. The first-order valence-corrected chi connectivity index (χ1v) is 8.54. The number of ether oxygens (including phenoxy) is 1. The van der Waals surface area contributed by atoms with Gasteiger partial charge in [-0.1, -0.05) is 25.5 Å². The second kappa shape index (κ2) is 9.17. The Hall–Kier alpha value is -2.21. The van der Waals surface area contributed by atoms with Gasteiger partial charge in [0.1, 0.15) is 0 Å². The highest BCUT2D eigenvalue weighted by Gasteiger charge is 2.11. The maximum absolute atomic E-state index is 11.9. The topological polar surface area (TPSA) is 68.3 Å². The molecule has 0 saturated carbocycles. The Kier molecular flexibility index (Phi) is 6.93. The molecule has 0 fully saturated rings. The van der Waals surface area contributed by atoms with E-state index in [1.807, 2.05) is 24.3 Å². The summed E-state index contributed by atoms with van der Waals surface area (Å²) in [5.41, 5.74) is 2.21. The van der Waals surface area contributed by atoms with E-state index in [9.17, 15) is 9.59 Å². The number of aryl methyl sites for hydroxylation is 1. The number of amides is 1. The Balaban J connectivity index is 1.81. The summed E-state index contributed by atoms with van der Waals surface area (Å²) >= 11 is 3.23. The van der Waals surface area contributed by atoms with Crippen molar-refractivity contribution in [3.05, 3.63) is 58.3 Å². The fraction of sp³-hybridized carbons (Fsp3) is 0.278. The molecule has 0 bridgehead atoms. The summed E-state index contributed by atoms with van der Waals surface area (Å²) in [5, 5.41) is 2.70. The minimum Gasteiger partial charge on any atom is -0.452 e. The Bertz CT molecular complexity index is 702. The molecule has 0 radical (unpaired) electrons. The summed E-state index contributed by atoms with van der Waals surface area (Å²) in [5.74, 6) is -0.971. The summed E-state index contributed by atoms with van der Waals surface area (Å²) < 4.78 is 5.65. The highest BCUT2D eigenvalue weighted by atomic mass is 79.9. The number of carbonyl (C=O) groups is 2. The quantitative estimate of drug-likeness (QED) is 0.725. The molecule has 1 amide bonds. The van der Waals surface area contributed by atoms with E-state index >= 15 is 0 Å². The van der Waals surface area contributed by atoms with E-state index in [1.54, 1.807) is 12.3 Å². The van der Waals surface area contributed by atoms with Crippen LogP contribution in [0, 0.1) is 0 Å². The highest BCUT2D eigenvalue weighted by Crippen LogP contribution is 2.12. The molecule has 24 heavy (non-hydrogen) atoms. The van der Waals surface area contributed by atoms with Gasteiger partial charge in [-0.05, 0) is 52.5 Å². The average molecular weight is 391 g/mol. The van der Waals surface area contributed by atoms with Crippen LogP contribution in [0.15, 0.2) is 47.2 Å². The Morgan fingerprint density at radius 1 is 1.21 bits per heavy atom. The van der Waals surface area contributed by atoms with Crippen LogP contribution in [0.25, 0.3) is 0 Å². The summed E-state index contributed by atoms with van der Waals surface area (Å²) in [6.07, 6.45) is 6.28. The molecule has 2 aromatic rings. The standard InChI is InChI=1S/C18H19BrN2O3/c1-2-3-4-13-5-7-16(8-6-13)21-17(22)12-24-18(23)14-9-15(19)11-20-10-14/h5-11H,2-4,12H2,1H3,(H,21,22). The SMILES string of the molecule is CCCCc1ccc(NC(=O)COC(=O)c2cncc(Br)c2)cc1. The van der Waals surface area contributed by atoms with E-state index in [1.165, 1.54) is 11.8 Å². The van der Waals surface area contributed by atoms with Crippen LogP contribution in [0.2, 0.25) is 0 Å². The van der Waals surface area contributed by atoms with Gasteiger partial charge in [-0.3, -0.25) is 9.78 Å². The highest BCUT2D eigenvalue weighted by molar-refractivity contribution is 9.10. The molecule has 1 aromatic carbocycles. The lowest BCUT2D eigenvalue weighted by atomic mass is 10.1. The molecule has 6 heteroatoms. The number of aromatic nitrogens is 1. The van der Waals surface area contributed by atoms with Crippen LogP contribution in [0.3, 0.4) is 0 Å². The van der Waals surface area contributed by atoms with Crippen molar-refractivity contribution < 1.29 is 14.3 Å². The van der Waals surface area contributed by atoms with Crippen LogP contribution < -0.4 is 5.32 Å². The van der Waals surface area contributed by atoms with Gasteiger partial charge in [0.2, 0.25) is 0 Å². The number of anilines is 1. The maximum Gasteiger partial charge on any atom is 0.340 e. The number of nitrogens with one attached hydrogen (secondary N) is 1. The van der Waals surface area contributed by atoms with Crippen molar-refractivity contribution in [1.82, 2.24) is 4.98 Å². The predicted octanol–water partition coefficient (Wildman–Crippen LogP) is 3.98. The second-order valence-electron chi connectivity index (χ2n) is 5.32. The van der Waals surface area contributed by atoms with Crippen LogP contribution in [0.1, 0.15) is 35.7 Å². The molecule has 126 valence electrons. The van der Waals surface area contributed by atoms with Crippen molar-refractivity contribution in [2.75, 3.05) is 11.9 Å². The molecular weight excluding hydrogens is 372 g/mol. The third-order valence-corrected chi connectivity index (χ3v) is 3.77. The zero-order chi connectivity index (χ0) is 17.4. The molecule has 0 spiro atoms. The summed E-state index contributed by atoms with van der Waals surface area (Å²) in [7, 11) is 0. The lowest BCUT2D eigenvalue weighted by Crippen LogP contribution is -2.21. The van der Waals surface area contributed by atoms with Crippen LogP contribution in [-0.4, -0.2) is 23.5 Å². The number of halogens is 1. The molecule has 0 atom stereocenters. The van der Waals surface area contributed by atoms with Crippen molar-refractivity contribution >= 4 is 33.5 Å². The molecule has 2 rings (SSSR count). The minimum absolute atomic E-state index is 0.289. The van der Waals surface area contributed by atoms with Crippen LogP contribution in [-0.2, 0) is 16.0 Å². The first-order chi connectivity index (χ1) is 11.6. The van der Waals surface area contributed by atoms with Gasteiger partial charge in [-0.2, -0.15) is 0 Å². The van der Waals surface area contributed by atoms with Crippen molar-refractivity contribution in [1.29, 1.82) is 0 Å². The fourth-order valence-electron chi connectivity index (χ4n) is 2.07. The van der Waals surface area contributed by atoms with E-state index in [4.69, 9.17) is 4.74 Å². The number of benzene rings is 1. The van der Waals surface area contributed by atoms with Gasteiger partial charge in [0.25, 0.3) is 5.91 Å². The molecule has 1 aromatic heterocycles. The normalized spacial score (nSPS) is 10.2. The van der Waals surface area contributed by atoms with Gasteiger partial charge in [-0.25, -0.2) is 4.79 Å². The third-order valence-electron chi connectivity index (χ3n) is 3.33. The predicted molar refractivity (Wildman–Crippen MR) is 95.9 cm³/mol. The van der Waals surface area contributed by atoms with Crippen LogP contribution in [0.4, 0.5) is 5.69 Å². The van der Waals surface area contributed by atoms with Crippen molar-refractivity contribution in [2.45, 2.75) is 26.2 Å². The number of hydrogen-bond acceptors (Lipinski definition) is 4. The van der Waals surface area contributed by atoms with Crippen LogP contribution in [0.5, 0.6) is 0 Å². The number of hydrogen-bond donors (Lipinski definition) is 1. The van der Waals surface area contributed by atoms with Gasteiger partial charge in [0.05, 0.1) is 5.56 Å². The minimum atomic E-state index is -0.589. The Morgan fingerprint density at radius 3 is 2.62 bits per heavy atom. The van der Waals surface area contributed by atoms with Gasteiger partial charge in [0, 0.05) is 22.6 Å². The van der Waals surface area contributed by atoms with Crippen molar-refractivity contribution in [3.8, 4) is 0 Å². The van der Waals surface area contributed by atoms with E-state index in [-0.39, 0.29) is 18.1 Å². The first kappa shape index (κ1) is 18.1. The van der Waals surface area contributed by atoms with Crippen molar-refractivity contribution in [3.63, 3.8) is 0 Å². The van der Waals surface area contributed by atoms with Gasteiger partial charge >= 0.3 is 5.97 Å². The third kappa shape index (κ3) is 5.77. The molecule has 0 aliphatic rings. The lowest BCUT2D eigenvalue weighted by molar-refractivity contribution is -0.119. The fourth-order valence-corrected chi connectivity index (χ4v) is 2.44. The molecule has 5 nitrogen and oxygen atoms in total. The zero-order valence-electron chi connectivity index (χ0n) is 13.4. The summed E-state index contributed by atoms with van der Waals surface area (Å²) in [4.78, 5) is 27.6. The van der Waals surface area contributed by atoms with E-state index < -0.39 is 5.97 Å². The number of nitrogens with zero attached hydrogens (tertiary/aromatic N) is 1. The summed E-state index contributed by atoms with van der Waals surface area (Å²) in [6.45, 7) is 1.81. The average Bonchev–Trinajstić information content (AvgIpc) is 2.59. The van der Waals surface area contributed by atoms with E-state index in [0.717, 1.165) is 19.3 Å². The largest absolute Gasteiger partial charge is 0.452 e. The van der Waals surface area contributed by atoms with E-state index in [0.29, 0.717) is 10.2 Å². The second-order valence-corrected chi connectivity index (χ2v) is 6.23. The molecule has 0 aliphatic heterocycles. The zero-order valence-corrected chi connectivity index (χ0v) is 15.0. The maximum atomic E-state index is 11.9. The number of esters is 1. The van der Waals surface area contributed by atoms with Gasteiger partial charge in [0.15, 0.2) is 6.61 Å². The summed E-state index contributed by atoms with van der Waals surface area (Å²) in [6, 6.07) is 9.27. The monoisotopic (exact) mass is 390 g/mol. The molecule has 0 unspecified atom stereocenters.